The lowest BCUT2D eigenvalue weighted by Gasteiger charge is -2.42. The van der Waals surface area contributed by atoms with Crippen molar-refractivity contribution in [1.29, 1.82) is 0 Å². The molecular formula is C27H35FN4O2. The Morgan fingerprint density at radius 3 is 2.38 bits per heavy atom. The summed E-state index contributed by atoms with van der Waals surface area (Å²) in [5.41, 5.74) is 2.93. The molecule has 0 aliphatic carbocycles. The zero-order chi connectivity index (χ0) is 24.2. The van der Waals surface area contributed by atoms with Gasteiger partial charge in [-0.25, -0.2) is 9.18 Å². The lowest BCUT2D eigenvalue weighted by atomic mass is 9.83. The van der Waals surface area contributed by atoms with E-state index in [-0.39, 0.29) is 35.6 Å². The van der Waals surface area contributed by atoms with Gasteiger partial charge in [-0.05, 0) is 44.9 Å². The molecule has 0 unspecified atom stereocenters. The van der Waals surface area contributed by atoms with Crippen LogP contribution in [0.25, 0.3) is 0 Å². The third-order valence-corrected chi connectivity index (χ3v) is 6.80. The van der Waals surface area contributed by atoms with Crippen molar-refractivity contribution in [3.63, 3.8) is 0 Å². The summed E-state index contributed by atoms with van der Waals surface area (Å²) in [7, 11) is 0. The second kappa shape index (κ2) is 10.5. The molecule has 2 saturated heterocycles. The topological polar surface area (TPSA) is 55.9 Å². The van der Waals surface area contributed by atoms with Crippen molar-refractivity contribution in [2.24, 2.45) is 5.92 Å². The Balaban J connectivity index is 1.47. The van der Waals surface area contributed by atoms with E-state index < -0.39 is 0 Å². The number of aryl methyl sites for hydroxylation is 1. The number of carbonyl (C=O) groups is 2. The van der Waals surface area contributed by atoms with Gasteiger partial charge in [0.1, 0.15) is 5.82 Å². The van der Waals surface area contributed by atoms with E-state index in [2.05, 4.69) is 30.4 Å². The summed E-state index contributed by atoms with van der Waals surface area (Å²) < 4.78 is 14.2. The number of hydrogen-bond donors (Lipinski definition) is 1. The fourth-order valence-electron chi connectivity index (χ4n) is 5.08. The highest BCUT2D eigenvalue weighted by Gasteiger charge is 2.37. The molecule has 2 atom stereocenters. The molecule has 0 spiro atoms. The van der Waals surface area contributed by atoms with E-state index in [1.807, 2.05) is 35.8 Å². The van der Waals surface area contributed by atoms with Crippen LogP contribution in [0.1, 0.15) is 37.3 Å². The summed E-state index contributed by atoms with van der Waals surface area (Å²) in [5, 5.41) is 2.98. The number of anilines is 1. The van der Waals surface area contributed by atoms with E-state index in [9.17, 15) is 14.0 Å². The molecule has 6 nitrogen and oxygen atoms in total. The number of likely N-dealkylation sites (tertiary alicyclic amines) is 1. The minimum Gasteiger partial charge on any atom is -0.366 e. The molecule has 2 aromatic rings. The zero-order valence-electron chi connectivity index (χ0n) is 20.3. The van der Waals surface area contributed by atoms with E-state index in [0.717, 1.165) is 6.42 Å². The second-order valence-corrected chi connectivity index (χ2v) is 9.82. The quantitative estimate of drug-likeness (QED) is 0.741. The second-order valence-electron chi connectivity index (χ2n) is 9.82. The maximum atomic E-state index is 14.2. The van der Waals surface area contributed by atoms with Crippen molar-refractivity contribution in [2.45, 2.75) is 39.2 Å². The van der Waals surface area contributed by atoms with Gasteiger partial charge in [0.15, 0.2) is 0 Å². The van der Waals surface area contributed by atoms with Crippen molar-refractivity contribution < 1.29 is 14.0 Å². The highest BCUT2D eigenvalue weighted by atomic mass is 19.1. The van der Waals surface area contributed by atoms with E-state index in [1.54, 1.807) is 17.0 Å². The number of rotatable bonds is 4. The highest BCUT2D eigenvalue weighted by molar-refractivity contribution is 5.81. The first-order valence-corrected chi connectivity index (χ1v) is 12.2. The van der Waals surface area contributed by atoms with Crippen LogP contribution in [0.4, 0.5) is 14.9 Å². The Labute approximate surface area is 201 Å². The average Bonchev–Trinajstić information content (AvgIpc) is 2.83. The minimum atomic E-state index is -0.253. The number of urea groups is 1. The van der Waals surface area contributed by atoms with E-state index in [1.165, 1.54) is 17.2 Å². The molecule has 0 saturated carbocycles. The molecule has 2 aromatic carbocycles. The van der Waals surface area contributed by atoms with Crippen molar-refractivity contribution in [3.8, 4) is 0 Å². The van der Waals surface area contributed by atoms with Gasteiger partial charge in [-0.2, -0.15) is 0 Å². The summed E-state index contributed by atoms with van der Waals surface area (Å²) in [6, 6.07) is 15.0. The number of halogens is 1. The van der Waals surface area contributed by atoms with Gasteiger partial charge in [0.05, 0.1) is 11.6 Å². The monoisotopic (exact) mass is 466 g/mol. The molecule has 2 heterocycles. The first-order chi connectivity index (χ1) is 16.3. The Kier molecular flexibility index (Phi) is 7.39. The molecule has 3 amide bonds. The smallest absolute Gasteiger partial charge is 0.317 e. The number of piperidine rings is 1. The first kappa shape index (κ1) is 24.0. The number of carbonyl (C=O) groups excluding carboxylic acids is 2. The van der Waals surface area contributed by atoms with Crippen LogP contribution in [0.3, 0.4) is 0 Å². The molecule has 34 heavy (non-hydrogen) atoms. The lowest BCUT2D eigenvalue weighted by molar-refractivity contribution is -0.137. The van der Waals surface area contributed by atoms with Crippen molar-refractivity contribution >= 4 is 17.6 Å². The summed E-state index contributed by atoms with van der Waals surface area (Å²) in [6.07, 6.45) is 0.723. The third kappa shape index (κ3) is 5.51. The maximum Gasteiger partial charge on any atom is 0.317 e. The Morgan fingerprint density at radius 2 is 1.71 bits per heavy atom. The van der Waals surface area contributed by atoms with Gasteiger partial charge in [-0.3, -0.25) is 4.79 Å². The summed E-state index contributed by atoms with van der Waals surface area (Å²) in [5.74, 6) is -0.285. The van der Waals surface area contributed by atoms with Crippen LogP contribution in [0, 0.1) is 18.7 Å². The van der Waals surface area contributed by atoms with Gasteiger partial charge in [0, 0.05) is 51.2 Å². The lowest BCUT2D eigenvalue weighted by Crippen LogP contribution is -2.55. The number of hydrogen-bond acceptors (Lipinski definition) is 3. The number of nitrogens with zero attached hydrogens (tertiary/aromatic N) is 3. The third-order valence-electron chi connectivity index (χ3n) is 6.80. The number of benzene rings is 2. The normalized spacial score (nSPS) is 21.0. The Hall–Kier alpha value is -3.09. The van der Waals surface area contributed by atoms with Gasteiger partial charge >= 0.3 is 6.03 Å². The fourth-order valence-corrected chi connectivity index (χ4v) is 5.08. The van der Waals surface area contributed by atoms with Gasteiger partial charge in [-0.15, -0.1) is 0 Å². The molecule has 0 bridgehead atoms. The van der Waals surface area contributed by atoms with Crippen molar-refractivity contribution in [2.75, 3.05) is 44.2 Å². The van der Waals surface area contributed by atoms with Crippen LogP contribution in [-0.2, 0) is 4.79 Å². The molecule has 0 aromatic heterocycles. The van der Waals surface area contributed by atoms with Crippen LogP contribution in [0.5, 0.6) is 0 Å². The summed E-state index contributed by atoms with van der Waals surface area (Å²) >= 11 is 0. The van der Waals surface area contributed by atoms with Crippen LogP contribution in [-0.4, -0.2) is 67.0 Å². The predicted octanol–water partition coefficient (Wildman–Crippen LogP) is 4.01. The molecule has 2 aliphatic heterocycles. The molecular weight excluding hydrogens is 431 g/mol. The highest BCUT2D eigenvalue weighted by Crippen LogP contribution is 2.32. The summed E-state index contributed by atoms with van der Waals surface area (Å²) in [6.45, 7) is 9.27. The molecule has 2 fully saturated rings. The largest absolute Gasteiger partial charge is 0.366 e. The first-order valence-electron chi connectivity index (χ1n) is 12.2. The maximum absolute atomic E-state index is 14.2. The molecule has 0 radical (unpaired) electrons. The molecule has 182 valence electrons. The zero-order valence-corrected chi connectivity index (χ0v) is 20.3. The van der Waals surface area contributed by atoms with Crippen molar-refractivity contribution in [3.05, 3.63) is 65.5 Å². The average molecular weight is 467 g/mol. The number of nitrogens with one attached hydrogen (secondary N) is 1. The molecule has 7 heteroatoms. The van der Waals surface area contributed by atoms with Gasteiger partial charge in [0.25, 0.3) is 0 Å². The Bertz CT molecular complexity index is 1020. The van der Waals surface area contributed by atoms with E-state index >= 15 is 0 Å². The van der Waals surface area contributed by atoms with Crippen molar-refractivity contribution in [1.82, 2.24) is 15.1 Å². The van der Waals surface area contributed by atoms with Crippen LogP contribution in [0.2, 0.25) is 0 Å². The van der Waals surface area contributed by atoms with Gasteiger partial charge in [-0.1, -0.05) is 42.0 Å². The van der Waals surface area contributed by atoms with Gasteiger partial charge < -0.3 is 20.0 Å². The molecule has 4 rings (SSSR count). The number of amides is 3. The molecule has 1 N–H and O–H groups in total. The SMILES string of the molecule is Cc1cccc([C@H]2C[C@H](C(=O)N3CCN(c4ccccc4F)CC3)CN(C(=O)NC(C)C)C2)c1. The Morgan fingerprint density at radius 1 is 0.971 bits per heavy atom. The summed E-state index contributed by atoms with van der Waals surface area (Å²) in [4.78, 5) is 32.1. The van der Waals surface area contributed by atoms with Crippen LogP contribution < -0.4 is 10.2 Å². The van der Waals surface area contributed by atoms with E-state index in [0.29, 0.717) is 45.0 Å². The van der Waals surface area contributed by atoms with Gasteiger partial charge in [0.2, 0.25) is 5.91 Å². The standard InChI is InChI=1S/C27H35FN4O2/c1-19(2)29-27(34)32-17-22(21-8-6-7-20(3)15-21)16-23(18-32)26(33)31-13-11-30(12-14-31)25-10-5-4-9-24(25)28/h4-10,15,19,22-23H,11-14,16-18H2,1-3H3,(H,29,34)/t22-,23-/m0/s1. The molecule has 2 aliphatic rings. The minimum absolute atomic E-state index is 0.0347. The van der Waals surface area contributed by atoms with E-state index in [4.69, 9.17) is 0 Å². The van der Waals surface area contributed by atoms with Crippen LogP contribution in [0.15, 0.2) is 48.5 Å². The fraction of sp³-hybridized carbons (Fsp3) is 0.481. The number of piperazine rings is 1. The van der Waals surface area contributed by atoms with Crippen LogP contribution >= 0.6 is 0 Å². The number of para-hydroxylation sites is 1. The predicted molar refractivity (Wildman–Crippen MR) is 132 cm³/mol.